The minimum Gasteiger partial charge on any atom is -0.493 e. The zero-order valence-electron chi connectivity index (χ0n) is 19.4. The number of hydrogen-bond donors (Lipinski definition) is 3. The Morgan fingerprint density at radius 2 is 1.74 bits per heavy atom. The van der Waals surface area contributed by atoms with Gasteiger partial charge in [-0.2, -0.15) is 0 Å². The number of ether oxygens (including phenoxy) is 1. The first-order valence-electron chi connectivity index (χ1n) is 11.5. The van der Waals surface area contributed by atoms with Crippen LogP contribution in [0.4, 0.5) is 10.5 Å². The smallest absolute Gasteiger partial charge is 0.319 e. The van der Waals surface area contributed by atoms with Gasteiger partial charge in [0.2, 0.25) is 0 Å². The minimum atomic E-state index is -0.557. The van der Waals surface area contributed by atoms with Crippen LogP contribution in [0.5, 0.6) is 5.75 Å². The molecule has 4 rings (SSSR count). The van der Waals surface area contributed by atoms with Crippen molar-refractivity contribution in [2.75, 3.05) is 18.5 Å². The van der Waals surface area contributed by atoms with Crippen LogP contribution in [0.1, 0.15) is 20.3 Å². The van der Waals surface area contributed by atoms with Crippen molar-refractivity contribution in [3.05, 3.63) is 78.9 Å². The van der Waals surface area contributed by atoms with E-state index in [9.17, 15) is 9.90 Å². The highest BCUT2D eigenvalue weighted by Gasteiger charge is 2.16. The molecule has 0 saturated heterocycles. The lowest BCUT2D eigenvalue weighted by atomic mass is 9.97. The van der Waals surface area contributed by atoms with Crippen LogP contribution >= 0.6 is 0 Å². The number of aromatic nitrogens is 1. The molecule has 0 aliphatic carbocycles. The number of nitrogens with one attached hydrogen (secondary N) is 2. The number of carbonyl (C=O) groups excluding carboxylic acids is 1. The van der Waals surface area contributed by atoms with E-state index in [1.54, 1.807) is 0 Å². The predicted molar refractivity (Wildman–Crippen MR) is 137 cm³/mol. The third-order valence-corrected chi connectivity index (χ3v) is 5.57. The highest BCUT2D eigenvalue weighted by Crippen LogP contribution is 2.38. The van der Waals surface area contributed by atoms with E-state index in [1.807, 2.05) is 74.5 Å². The fourth-order valence-electron chi connectivity index (χ4n) is 3.77. The lowest BCUT2D eigenvalue weighted by Gasteiger charge is -2.15. The molecular weight excluding hydrogens is 426 g/mol. The minimum absolute atomic E-state index is 0.207. The summed E-state index contributed by atoms with van der Waals surface area (Å²) in [4.78, 5) is 17.2. The molecule has 1 aromatic heterocycles. The largest absolute Gasteiger partial charge is 0.493 e. The van der Waals surface area contributed by atoms with Crippen molar-refractivity contribution in [3.8, 4) is 28.1 Å². The number of para-hydroxylation sites is 1. The summed E-state index contributed by atoms with van der Waals surface area (Å²) >= 11 is 0. The number of rotatable bonds is 8. The summed E-state index contributed by atoms with van der Waals surface area (Å²) in [6, 6.07) is 25.4. The lowest BCUT2D eigenvalue weighted by molar-refractivity contribution is 0.168. The van der Waals surface area contributed by atoms with Crippen molar-refractivity contribution in [1.29, 1.82) is 0 Å². The molecule has 34 heavy (non-hydrogen) atoms. The molecule has 0 aliphatic heterocycles. The molecule has 0 bridgehead atoms. The lowest BCUT2D eigenvalue weighted by Crippen LogP contribution is -2.34. The molecule has 174 valence electrons. The normalized spacial score (nSPS) is 11.7. The Balaban J connectivity index is 1.75. The summed E-state index contributed by atoms with van der Waals surface area (Å²) < 4.78 is 5.89. The maximum atomic E-state index is 12.2. The number of benzene rings is 3. The van der Waals surface area contributed by atoms with Gasteiger partial charge < -0.3 is 20.5 Å². The van der Waals surface area contributed by atoms with E-state index in [0.29, 0.717) is 18.7 Å². The van der Waals surface area contributed by atoms with Crippen LogP contribution in [0.25, 0.3) is 33.3 Å². The van der Waals surface area contributed by atoms with Crippen LogP contribution in [0.2, 0.25) is 0 Å². The molecule has 0 spiro atoms. The number of nitrogens with zero attached hydrogens (tertiary/aromatic N) is 1. The van der Waals surface area contributed by atoms with Crippen molar-refractivity contribution in [2.24, 2.45) is 0 Å². The van der Waals surface area contributed by atoms with E-state index in [-0.39, 0.29) is 12.6 Å². The van der Waals surface area contributed by atoms with Crippen LogP contribution < -0.4 is 15.4 Å². The summed E-state index contributed by atoms with van der Waals surface area (Å²) in [5.74, 6) is 0.790. The second-order valence-corrected chi connectivity index (χ2v) is 7.98. The fourth-order valence-corrected chi connectivity index (χ4v) is 3.77. The Morgan fingerprint density at radius 1 is 0.971 bits per heavy atom. The van der Waals surface area contributed by atoms with Gasteiger partial charge in [0.1, 0.15) is 5.75 Å². The maximum absolute atomic E-state index is 12.2. The predicted octanol–water partition coefficient (Wildman–Crippen LogP) is 5.86. The summed E-state index contributed by atoms with van der Waals surface area (Å²) in [6.45, 7) is 4.61. The van der Waals surface area contributed by atoms with Crippen molar-refractivity contribution in [1.82, 2.24) is 10.3 Å². The van der Waals surface area contributed by atoms with Crippen LogP contribution in [-0.2, 0) is 0 Å². The Bertz CT molecular complexity index is 1270. The number of fused-ring (bicyclic) bond motifs is 1. The first kappa shape index (κ1) is 23.3. The average Bonchev–Trinajstić information content (AvgIpc) is 2.87. The van der Waals surface area contributed by atoms with E-state index >= 15 is 0 Å². The molecule has 0 saturated carbocycles. The number of pyridine rings is 1. The van der Waals surface area contributed by atoms with Gasteiger partial charge in [0.15, 0.2) is 0 Å². The fraction of sp³-hybridized carbons (Fsp3) is 0.214. The molecule has 1 atom stereocenters. The number of amides is 2. The Hall–Kier alpha value is -3.90. The second kappa shape index (κ2) is 10.8. The first-order valence-corrected chi connectivity index (χ1v) is 11.5. The molecule has 2 amide bonds. The summed E-state index contributed by atoms with van der Waals surface area (Å²) in [6.07, 6.45) is 0.0249. The van der Waals surface area contributed by atoms with Gasteiger partial charge in [0, 0.05) is 28.7 Å². The molecule has 0 radical (unpaired) electrons. The zero-order valence-corrected chi connectivity index (χ0v) is 19.4. The Morgan fingerprint density at radius 3 is 2.50 bits per heavy atom. The highest BCUT2D eigenvalue weighted by atomic mass is 16.5. The van der Waals surface area contributed by atoms with Crippen LogP contribution in [-0.4, -0.2) is 35.4 Å². The monoisotopic (exact) mass is 455 g/mol. The van der Waals surface area contributed by atoms with E-state index in [4.69, 9.17) is 9.72 Å². The van der Waals surface area contributed by atoms with Crippen molar-refractivity contribution in [2.45, 2.75) is 26.4 Å². The van der Waals surface area contributed by atoms with Gasteiger partial charge in [-0.3, -0.25) is 0 Å². The van der Waals surface area contributed by atoms with Gasteiger partial charge in [0.25, 0.3) is 0 Å². The van der Waals surface area contributed by atoms with Crippen molar-refractivity contribution < 1.29 is 14.6 Å². The quantitative estimate of drug-likeness (QED) is 0.311. The molecule has 6 heteroatoms. The van der Waals surface area contributed by atoms with Crippen LogP contribution in [0, 0.1) is 0 Å². The first-order chi connectivity index (χ1) is 16.6. The van der Waals surface area contributed by atoms with E-state index in [2.05, 4.69) is 28.8 Å². The number of anilines is 1. The van der Waals surface area contributed by atoms with Crippen molar-refractivity contribution >= 4 is 22.6 Å². The van der Waals surface area contributed by atoms with E-state index in [1.165, 1.54) is 0 Å². The number of hydrogen-bond acceptors (Lipinski definition) is 4. The molecular formula is C28H29N3O3. The molecule has 0 fully saturated rings. The van der Waals surface area contributed by atoms with Crippen LogP contribution in [0.15, 0.2) is 78.9 Å². The van der Waals surface area contributed by atoms with Gasteiger partial charge >= 0.3 is 6.03 Å². The average molecular weight is 456 g/mol. The topological polar surface area (TPSA) is 83.5 Å². The molecule has 0 aliphatic rings. The second-order valence-electron chi connectivity index (χ2n) is 7.98. The molecule has 1 heterocycles. The Labute approximate surface area is 199 Å². The zero-order chi connectivity index (χ0) is 23.9. The van der Waals surface area contributed by atoms with Gasteiger partial charge in [0.05, 0.1) is 23.9 Å². The summed E-state index contributed by atoms with van der Waals surface area (Å²) in [5, 5.41) is 16.1. The molecule has 3 aromatic carbocycles. The molecule has 6 nitrogen and oxygen atoms in total. The molecule has 3 N–H and O–H groups in total. The number of aliphatic hydroxyl groups is 1. The van der Waals surface area contributed by atoms with E-state index < -0.39 is 6.10 Å². The Kier molecular flexibility index (Phi) is 7.40. The molecule has 1 unspecified atom stereocenters. The third-order valence-electron chi connectivity index (χ3n) is 5.57. The van der Waals surface area contributed by atoms with Gasteiger partial charge in [-0.15, -0.1) is 0 Å². The SMILES string of the molecule is CCOc1ccccc1-c1nc2ccc(NC(=O)NCC(O)CC)cc2cc1-c1ccccc1. The maximum Gasteiger partial charge on any atom is 0.319 e. The van der Waals surface area contributed by atoms with Gasteiger partial charge in [-0.05, 0) is 55.3 Å². The van der Waals surface area contributed by atoms with E-state index in [0.717, 1.165) is 39.0 Å². The van der Waals surface area contributed by atoms with Gasteiger partial charge in [-0.1, -0.05) is 49.4 Å². The number of urea groups is 1. The standard InChI is InChI=1S/C28H29N3O3/c1-3-22(32)18-29-28(33)30-21-14-15-25-20(16-21)17-24(19-10-6-5-7-11-19)27(31-25)23-12-8-9-13-26(23)34-4-2/h5-17,22,32H,3-4,18H2,1-2H3,(H2,29,30,33). The van der Waals surface area contributed by atoms with Gasteiger partial charge in [-0.25, -0.2) is 9.78 Å². The summed E-state index contributed by atoms with van der Waals surface area (Å²) in [5.41, 5.74) is 5.26. The summed E-state index contributed by atoms with van der Waals surface area (Å²) in [7, 11) is 0. The van der Waals surface area contributed by atoms with Crippen molar-refractivity contribution in [3.63, 3.8) is 0 Å². The number of aliphatic hydroxyl groups excluding tert-OH is 1. The van der Waals surface area contributed by atoms with Crippen LogP contribution in [0.3, 0.4) is 0 Å². The molecule has 4 aromatic rings. The number of carbonyl (C=O) groups is 1. The highest BCUT2D eigenvalue weighted by molar-refractivity contribution is 5.96. The third kappa shape index (κ3) is 5.35.